The molecule has 120 valence electrons. The maximum absolute atomic E-state index is 5.73. The van der Waals surface area contributed by atoms with Crippen LogP contribution in [0.1, 0.15) is 46.1 Å². The third kappa shape index (κ3) is 9.48. The Kier molecular flexibility index (Phi) is 9.11. The second-order valence-electron chi connectivity index (χ2n) is 6.18. The number of benzene rings is 1. The molecule has 1 rings (SSSR count). The second-order valence-corrected chi connectivity index (χ2v) is 6.18. The van der Waals surface area contributed by atoms with Crippen molar-refractivity contribution >= 4 is 0 Å². The van der Waals surface area contributed by atoms with Gasteiger partial charge in [-0.1, -0.05) is 39.8 Å². The van der Waals surface area contributed by atoms with Crippen molar-refractivity contribution < 1.29 is 9.47 Å². The van der Waals surface area contributed by atoms with Crippen LogP contribution in [0.25, 0.3) is 0 Å². The lowest BCUT2D eigenvalue weighted by Crippen LogP contribution is -2.21. The van der Waals surface area contributed by atoms with Crippen LogP contribution in [-0.4, -0.2) is 25.9 Å². The van der Waals surface area contributed by atoms with Gasteiger partial charge in [0, 0.05) is 19.2 Å². The van der Waals surface area contributed by atoms with Gasteiger partial charge in [-0.25, -0.2) is 0 Å². The molecule has 0 aliphatic carbocycles. The molecular weight excluding hydrogens is 262 g/mol. The van der Waals surface area contributed by atoms with Crippen molar-refractivity contribution in [1.82, 2.24) is 5.32 Å². The highest BCUT2D eigenvalue weighted by molar-refractivity contribution is 5.28. The molecule has 0 fully saturated rings. The van der Waals surface area contributed by atoms with Crippen molar-refractivity contribution in [3.8, 4) is 5.75 Å². The Labute approximate surface area is 130 Å². The minimum Gasteiger partial charge on any atom is -0.491 e. The van der Waals surface area contributed by atoms with Crippen LogP contribution in [0.2, 0.25) is 0 Å². The van der Waals surface area contributed by atoms with E-state index < -0.39 is 0 Å². The van der Waals surface area contributed by atoms with Crippen LogP contribution in [0.15, 0.2) is 24.3 Å². The van der Waals surface area contributed by atoms with E-state index in [1.165, 1.54) is 12.0 Å². The molecule has 0 spiro atoms. The molecular formula is C18H31NO2. The summed E-state index contributed by atoms with van der Waals surface area (Å²) in [5.41, 5.74) is 1.25. The van der Waals surface area contributed by atoms with E-state index in [0.29, 0.717) is 19.3 Å². The maximum atomic E-state index is 5.73. The molecule has 0 bridgehead atoms. The Morgan fingerprint density at radius 3 is 2.57 bits per heavy atom. The van der Waals surface area contributed by atoms with Crippen LogP contribution >= 0.6 is 0 Å². The van der Waals surface area contributed by atoms with Gasteiger partial charge in [-0.2, -0.15) is 0 Å². The first-order chi connectivity index (χ1) is 10.1. The Bertz CT molecular complexity index is 377. The SMILES string of the molecule is CC(C)CCCOCCOc1cccc(CNC(C)C)c1. The van der Waals surface area contributed by atoms with Gasteiger partial charge in [0.1, 0.15) is 12.4 Å². The van der Waals surface area contributed by atoms with Crippen LogP contribution in [0.5, 0.6) is 5.75 Å². The van der Waals surface area contributed by atoms with Crippen molar-refractivity contribution in [2.45, 2.75) is 53.1 Å². The fraction of sp³-hybridized carbons (Fsp3) is 0.667. The van der Waals surface area contributed by atoms with Gasteiger partial charge < -0.3 is 14.8 Å². The summed E-state index contributed by atoms with van der Waals surface area (Å²) in [6.45, 7) is 11.8. The van der Waals surface area contributed by atoms with E-state index in [0.717, 1.165) is 31.2 Å². The number of hydrogen-bond acceptors (Lipinski definition) is 3. The molecule has 3 nitrogen and oxygen atoms in total. The van der Waals surface area contributed by atoms with Gasteiger partial charge in [0.05, 0.1) is 6.61 Å². The highest BCUT2D eigenvalue weighted by atomic mass is 16.5. The Morgan fingerprint density at radius 2 is 1.86 bits per heavy atom. The summed E-state index contributed by atoms with van der Waals surface area (Å²) in [7, 11) is 0. The predicted molar refractivity (Wildman–Crippen MR) is 88.8 cm³/mol. The van der Waals surface area contributed by atoms with E-state index in [4.69, 9.17) is 9.47 Å². The highest BCUT2D eigenvalue weighted by Crippen LogP contribution is 2.13. The van der Waals surface area contributed by atoms with Gasteiger partial charge in [0.2, 0.25) is 0 Å². The molecule has 21 heavy (non-hydrogen) atoms. The highest BCUT2D eigenvalue weighted by Gasteiger charge is 1.99. The normalized spacial score (nSPS) is 11.3. The fourth-order valence-corrected chi connectivity index (χ4v) is 1.98. The number of hydrogen-bond donors (Lipinski definition) is 1. The molecule has 0 atom stereocenters. The third-order valence-electron chi connectivity index (χ3n) is 3.18. The van der Waals surface area contributed by atoms with Crippen molar-refractivity contribution in [3.63, 3.8) is 0 Å². The quantitative estimate of drug-likeness (QED) is 0.625. The van der Waals surface area contributed by atoms with Crippen molar-refractivity contribution in [3.05, 3.63) is 29.8 Å². The van der Waals surface area contributed by atoms with E-state index in [1.54, 1.807) is 0 Å². The van der Waals surface area contributed by atoms with Gasteiger partial charge in [0.15, 0.2) is 0 Å². The number of rotatable bonds is 11. The summed E-state index contributed by atoms with van der Waals surface area (Å²) in [5.74, 6) is 1.68. The van der Waals surface area contributed by atoms with E-state index in [-0.39, 0.29) is 0 Å². The first-order valence-corrected chi connectivity index (χ1v) is 8.10. The zero-order valence-electron chi connectivity index (χ0n) is 14.0. The van der Waals surface area contributed by atoms with Crippen molar-refractivity contribution in [1.29, 1.82) is 0 Å². The van der Waals surface area contributed by atoms with Gasteiger partial charge >= 0.3 is 0 Å². The molecule has 1 N–H and O–H groups in total. The van der Waals surface area contributed by atoms with E-state index in [9.17, 15) is 0 Å². The first-order valence-electron chi connectivity index (χ1n) is 8.10. The molecule has 0 saturated carbocycles. The van der Waals surface area contributed by atoms with Crippen LogP contribution in [-0.2, 0) is 11.3 Å². The van der Waals surface area contributed by atoms with Crippen LogP contribution in [0.4, 0.5) is 0 Å². The van der Waals surface area contributed by atoms with E-state index in [2.05, 4.69) is 45.1 Å². The molecule has 1 aromatic carbocycles. The molecule has 3 heteroatoms. The molecule has 0 unspecified atom stereocenters. The number of nitrogens with one attached hydrogen (secondary N) is 1. The topological polar surface area (TPSA) is 30.5 Å². The van der Waals surface area contributed by atoms with Gasteiger partial charge in [-0.05, 0) is 36.5 Å². The third-order valence-corrected chi connectivity index (χ3v) is 3.18. The van der Waals surface area contributed by atoms with Gasteiger partial charge in [0.25, 0.3) is 0 Å². The maximum Gasteiger partial charge on any atom is 0.119 e. The van der Waals surface area contributed by atoms with Gasteiger partial charge in [-0.3, -0.25) is 0 Å². The van der Waals surface area contributed by atoms with Crippen molar-refractivity contribution in [2.75, 3.05) is 19.8 Å². The fourth-order valence-electron chi connectivity index (χ4n) is 1.98. The predicted octanol–water partition coefficient (Wildman–Crippen LogP) is 4.02. The summed E-state index contributed by atoms with van der Waals surface area (Å²) in [4.78, 5) is 0. The van der Waals surface area contributed by atoms with Crippen LogP contribution in [0.3, 0.4) is 0 Å². The van der Waals surface area contributed by atoms with Crippen LogP contribution in [0, 0.1) is 5.92 Å². The second kappa shape index (κ2) is 10.6. The molecule has 0 aliphatic heterocycles. The lowest BCUT2D eigenvalue weighted by Gasteiger charge is -2.11. The summed E-state index contributed by atoms with van der Waals surface area (Å²) < 4.78 is 11.3. The molecule has 0 aliphatic rings. The van der Waals surface area contributed by atoms with Gasteiger partial charge in [-0.15, -0.1) is 0 Å². The average Bonchev–Trinajstić information content (AvgIpc) is 2.44. The summed E-state index contributed by atoms with van der Waals surface area (Å²) >= 11 is 0. The van der Waals surface area contributed by atoms with Crippen LogP contribution < -0.4 is 10.1 Å². The summed E-state index contributed by atoms with van der Waals surface area (Å²) in [6.07, 6.45) is 2.36. The first kappa shape index (κ1) is 18.0. The van der Waals surface area contributed by atoms with Crippen molar-refractivity contribution in [2.24, 2.45) is 5.92 Å². The smallest absolute Gasteiger partial charge is 0.119 e. The lowest BCUT2D eigenvalue weighted by molar-refractivity contribution is 0.0957. The van der Waals surface area contributed by atoms with E-state index >= 15 is 0 Å². The minimum atomic E-state index is 0.494. The average molecular weight is 293 g/mol. The zero-order chi connectivity index (χ0) is 15.5. The summed E-state index contributed by atoms with van der Waals surface area (Å²) in [6, 6.07) is 8.74. The monoisotopic (exact) mass is 293 g/mol. The molecule has 0 amide bonds. The Hall–Kier alpha value is -1.06. The Morgan fingerprint density at radius 1 is 1.05 bits per heavy atom. The molecule has 0 aromatic heterocycles. The molecule has 0 heterocycles. The largest absolute Gasteiger partial charge is 0.491 e. The summed E-state index contributed by atoms with van der Waals surface area (Å²) in [5, 5.41) is 3.41. The molecule has 0 radical (unpaired) electrons. The molecule has 0 saturated heterocycles. The minimum absolute atomic E-state index is 0.494. The van der Waals surface area contributed by atoms with E-state index in [1.807, 2.05) is 12.1 Å². The standard InChI is InChI=1S/C18H31NO2/c1-15(2)7-6-10-20-11-12-21-18-9-5-8-17(13-18)14-19-16(3)4/h5,8-9,13,15-16,19H,6-7,10-12,14H2,1-4H3. The lowest BCUT2D eigenvalue weighted by atomic mass is 10.1. The zero-order valence-corrected chi connectivity index (χ0v) is 14.0. The number of ether oxygens (including phenoxy) is 2. The molecule has 1 aromatic rings. The Balaban J connectivity index is 2.15.